The maximum Gasteiger partial charge on any atom is 0.293 e. The van der Waals surface area contributed by atoms with Crippen LogP contribution in [0.5, 0.6) is 0 Å². The third-order valence-electron chi connectivity index (χ3n) is 12.6. The lowest BCUT2D eigenvalue weighted by Gasteiger charge is -2.22. The summed E-state index contributed by atoms with van der Waals surface area (Å²) >= 11 is 8.56. The monoisotopic (exact) mass is 1110 g/mol. The summed E-state index contributed by atoms with van der Waals surface area (Å²) in [6.07, 6.45) is -5.71. The molecule has 0 aliphatic heterocycles. The minimum atomic E-state index is -4.04. The van der Waals surface area contributed by atoms with Crippen LogP contribution >= 0.6 is 34.2 Å². The van der Waals surface area contributed by atoms with Crippen molar-refractivity contribution in [3.63, 3.8) is 0 Å². The van der Waals surface area contributed by atoms with Gasteiger partial charge >= 0.3 is 0 Å². The number of pyridine rings is 1. The van der Waals surface area contributed by atoms with Crippen LogP contribution in [0.25, 0.3) is 22.0 Å². The number of hydrogen-bond donors (Lipinski definition) is 1. The number of sulfonamides is 1. The Morgan fingerprint density at radius 1 is 0.955 bits per heavy atom. The first-order valence-corrected chi connectivity index (χ1v) is 25.6. The molecule has 3 fully saturated rings. The highest BCUT2D eigenvalue weighted by Crippen LogP contribution is 2.68. The molecule has 0 bridgehead atoms. The molecule has 5 aromatic rings. The lowest BCUT2D eigenvalue weighted by molar-refractivity contribution is -0.120. The Bertz CT molecular complexity index is 3160. The van der Waals surface area contributed by atoms with Crippen molar-refractivity contribution in [3.8, 4) is 23.0 Å². The van der Waals surface area contributed by atoms with Crippen molar-refractivity contribution in [1.29, 1.82) is 0 Å². The summed E-state index contributed by atoms with van der Waals surface area (Å²) in [4.78, 5) is 19.2. The highest BCUT2D eigenvalue weighted by molar-refractivity contribution is 14.1. The van der Waals surface area contributed by atoms with Gasteiger partial charge in [0.15, 0.2) is 21.4 Å². The van der Waals surface area contributed by atoms with Gasteiger partial charge in [0.2, 0.25) is 10.0 Å². The van der Waals surface area contributed by atoms with E-state index in [1.54, 1.807) is 0 Å². The van der Waals surface area contributed by atoms with Crippen LogP contribution in [0.2, 0.25) is 5.02 Å². The van der Waals surface area contributed by atoms with Crippen molar-refractivity contribution < 1.29 is 56.8 Å². The average Bonchev–Trinajstić information content (AvgIpc) is 4.11. The lowest BCUT2D eigenvalue weighted by Crippen LogP contribution is -2.33. The van der Waals surface area contributed by atoms with E-state index in [4.69, 9.17) is 16.6 Å². The Labute approximate surface area is 397 Å². The fourth-order valence-electron chi connectivity index (χ4n) is 8.98. The summed E-state index contributed by atoms with van der Waals surface area (Å²) in [7, 11) is -7.79. The molecule has 4 aliphatic rings. The molecule has 4 aliphatic carbocycles. The molecule has 23 heteroatoms. The number of fused-ring (bicyclic) bond motifs is 4. The number of alkyl halides is 6. The van der Waals surface area contributed by atoms with Crippen molar-refractivity contribution in [2.24, 2.45) is 5.92 Å². The molecule has 3 atom stereocenters. The highest BCUT2D eigenvalue weighted by atomic mass is 127. The molecule has 3 heterocycles. The first-order chi connectivity index (χ1) is 31.4. The number of carbonyl (C=O) groups is 1. The standard InChI is InChI=1S/C44H38ClF8IN6O5S2/c1-43(2,66(62,63)25-3-4-25)10-9-33-32(54)17-28(27-7-8-31(45)36-39(27)59(19-34(48)49)57-42(36)58-67(64,65)26-5-6-26)37(55-33)21(11-20-12-22(46)15-23(47)13-20)14-24(61)18-60-40-35(38(56-60)41(50)51)29-16-30(29)44(40,52)53/h7-8,12-13,15,17,21,25-26,29-30,34,41H,3-6,11,14,16,18-19H2,1-2H3,(H,57,58)/t21-,29+,30-/m1/s1. The molecule has 3 aromatic heterocycles. The van der Waals surface area contributed by atoms with Gasteiger partial charge in [0, 0.05) is 44.6 Å². The van der Waals surface area contributed by atoms with Crippen LogP contribution in [-0.2, 0) is 50.1 Å². The third kappa shape index (κ3) is 8.94. The second-order valence-corrected chi connectivity index (χ2v) is 24.2. The average molecular weight is 1110 g/mol. The summed E-state index contributed by atoms with van der Waals surface area (Å²) in [6, 6.07) is 6.83. The zero-order valence-electron chi connectivity index (χ0n) is 35.2. The quantitative estimate of drug-likeness (QED) is 0.0584. The van der Waals surface area contributed by atoms with Gasteiger partial charge in [-0.3, -0.25) is 18.9 Å². The minimum Gasteiger partial charge on any atom is -0.298 e. The molecule has 3 saturated carbocycles. The topological polar surface area (TPSA) is 146 Å². The van der Waals surface area contributed by atoms with E-state index in [-0.39, 0.29) is 65.4 Å². The molecule has 0 saturated heterocycles. The largest absolute Gasteiger partial charge is 0.298 e. The van der Waals surface area contributed by atoms with Crippen LogP contribution in [0.15, 0.2) is 36.4 Å². The van der Waals surface area contributed by atoms with Gasteiger partial charge < -0.3 is 0 Å². The summed E-state index contributed by atoms with van der Waals surface area (Å²) < 4.78 is 174. The number of sulfone groups is 1. The molecule has 356 valence electrons. The van der Waals surface area contributed by atoms with Crippen LogP contribution in [0, 0.1) is 33.0 Å². The van der Waals surface area contributed by atoms with Gasteiger partial charge in [-0.05, 0) is 117 Å². The van der Waals surface area contributed by atoms with Crippen molar-refractivity contribution in [2.45, 2.75) is 118 Å². The number of ketones is 1. The molecule has 0 amide bonds. The normalized spacial score (nSPS) is 19.4. The number of nitrogens with one attached hydrogen (secondary N) is 1. The summed E-state index contributed by atoms with van der Waals surface area (Å²) in [5, 5.41) is 6.48. The van der Waals surface area contributed by atoms with Gasteiger partial charge in [-0.15, -0.1) is 0 Å². The number of carbonyl (C=O) groups excluding carboxylic acids is 1. The zero-order chi connectivity index (χ0) is 48.3. The molecule has 11 nitrogen and oxygen atoms in total. The number of hydrogen-bond acceptors (Lipinski definition) is 8. The van der Waals surface area contributed by atoms with Gasteiger partial charge in [0.1, 0.15) is 46.6 Å². The van der Waals surface area contributed by atoms with Gasteiger partial charge in [-0.25, -0.2) is 48.2 Å². The Morgan fingerprint density at radius 2 is 1.63 bits per heavy atom. The van der Waals surface area contributed by atoms with Crippen molar-refractivity contribution >= 4 is 76.6 Å². The van der Waals surface area contributed by atoms with E-state index in [1.807, 2.05) is 22.6 Å². The Balaban J connectivity index is 1.24. The molecule has 67 heavy (non-hydrogen) atoms. The molecule has 2 aromatic carbocycles. The SMILES string of the molecule is CC(C)(C#Cc1nc([C@@H](CC(=O)Cn2nc(C(F)F)c3c2C(F)(F)[C@@H]2C[C@H]32)Cc2cc(F)cc(F)c2)c(-c2ccc(Cl)c3c(NS(=O)(=O)C4CC4)nn(CC(F)F)c23)cc1I)S(=O)(=O)C1CC1. The summed E-state index contributed by atoms with van der Waals surface area (Å²) in [5.74, 6) is -4.48. The van der Waals surface area contributed by atoms with Gasteiger partial charge in [0.25, 0.3) is 18.8 Å². The van der Waals surface area contributed by atoms with Crippen LogP contribution in [0.1, 0.15) is 105 Å². The van der Waals surface area contributed by atoms with E-state index in [0.29, 0.717) is 36.4 Å². The van der Waals surface area contributed by atoms with Gasteiger partial charge in [-0.2, -0.15) is 19.0 Å². The molecule has 0 unspecified atom stereocenters. The van der Waals surface area contributed by atoms with Crippen molar-refractivity contribution in [1.82, 2.24) is 24.5 Å². The Morgan fingerprint density at radius 3 is 2.25 bits per heavy atom. The number of anilines is 1. The molecule has 1 N–H and O–H groups in total. The summed E-state index contributed by atoms with van der Waals surface area (Å²) in [5.41, 5.74) is -2.04. The van der Waals surface area contributed by atoms with Gasteiger partial charge in [-0.1, -0.05) is 23.6 Å². The second kappa shape index (κ2) is 17.0. The maximum absolute atomic E-state index is 15.6. The van der Waals surface area contributed by atoms with Gasteiger partial charge in [0.05, 0.1) is 32.1 Å². The maximum atomic E-state index is 15.6. The van der Waals surface area contributed by atoms with Crippen molar-refractivity contribution in [2.75, 3.05) is 4.72 Å². The van der Waals surface area contributed by atoms with Crippen LogP contribution in [0.4, 0.5) is 40.9 Å². The molecular formula is C44H38ClF8IN6O5S2. The molecule has 0 spiro atoms. The molecular weight excluding hydrogens is 1070 g/mol. The lowest BCUT2D eigenvalue weighted by atomic mass is 9.86. The van der Waals surface area contributed by atoms with Crippen LogP contribution in [-0.4, -0.2) is 68.8 Å². The Hall–Kier alpha value is -4.34. The predicted molar refractivity (Wildman–Crippen MR) is 240 cm³/mol. The fraction of sp³-hybridized carbons (Fsp3) is 0.455. The predicted octanol–water partition coefficient (Wildman–Crippen LogP) is 9.84. The zero-order valence-corrected chi connectivity index (χ0v) is 39.8. The smallest absolute Gasteiger partial charge is 0.293 e. The van der Waals surface area contributed by atoms with E-state index >= 15 is 8.78 Å². The van der Waals surface area contributed by atoms with E-state index in [0.717, 1.165) is 16.8 Å². The fourth-order valence-corrected chi connectivity index (χ4v) is 12.9. The second-order valence-electron chi connectivity index (χ2n) is 17.9. The number of halogens is 10. The molecule has 0 radical (unpaired) electrons. The van der Waals surface area contributed by atoms with E-state index < -0.39 is 126 Å². The number of rotatable bonds is 16. The van der Waals surface area contributed by atoms with Crippen molar-refractivity contribution in [3.05, 3.63) is 90.5 Å². The Kier molecular flexibility index (Phi) is 12.1. The number of aromatic nitrogens is 5. The summed E-state index contributed by atoms with van der Waals surface area (Å²) in [6.45, 7) is 0.874. The first-order valence-electron chi connectivity index (χ1n) is 21.1. The first kappa shape index (κ1) is 47.7. The van der Waals surface area contributed by atoms with E-state index in [9.17, 15) is 48.0 Å². The molecule has 9 rings (SSSR count). The number of benzene rings is 2. The van der Waals surface area contributed by atoms with E-state index in [1.165, 1.54) is 32.0 Å². The third-order valence-corrected chi connectivity index (χ3v) is 18.4. The minimum absolute atomic E-state index is 0.0155. The van der Waals surface area contributed by atoms with Crippen LogP contribution < -0.4 is 4.72 Å². The van der Waals surface area contributed by atoms with E-state index in [2.05, 4.69) is 26.8 Å². The highest BCUT2D eigenvalue weighted by Gasteiger charge is 2.67. The van der Waals surface area contributed by atoms with Crippen LogP contribution in [0.3, 0.4) is 0 Å². The number of nitrogens with zero attached hydrogens (tertiary/aromatic N) is 5. The number of Topliss-reactive ketones (excluding diaryl/α,β-unsaturated/α-hetero) is 1.